The molecule has 3 heterocycles. The van der Waals surface area contributed by atoms with Gasteiger partial charge < -0.3 is 9.40 Å². The van der Waals surface area contributed by atoms with E-state index in [0.29, 0.717) is 21.7 Å². The van der Waals surface area contributed by atoms with Crippen LogP contribution in [0, 0.1) is 0 Å². The number of urea groups is 1. The fourth-order valence-corrected chi connectivity index (χ4v) is 4.20. The number of imidazole rings is 1. The predicted molar refractivity (Wildman–Crippen MR) is 122 cm³/mol. The predicted octanol–water partition coefficient (Wildman–Crippen LogP) is 4.74. The summed E-state index contributed by atoms with van der Waals surface area (Å²) in [5.41, 5.74) is 1.88. The summed E-state index contributed by atoms with van der Waals surface area (Å²) in [5.74, 6) is -1.22. The second-order valence-electron chi connectivity index (χ2n) is 6.75. The van der Waals surface area contributed by atoms with Gasteiger partial charge in [-0.1, -0.05) is 28.1 Å². The molecule has 0 bridgehead atoms. The number of anilines is 1. The Balaban J connectivity index is 1.40. The molecular weight excluding hydrogens is 496 g/mol. The molecule has 1 saturated heterocycles. The zero-order valence-electron chi connectivity index (χ0n) is 16.2. The first-order valence-corrected chi connectivity index (χ1v) is 11.0. The Labute approximate surface area is 193 Å². The number of H-pyrrole nitrogens is 1. The molecule has 32 heavy (non-hydrogen) atoms. The second-order valence-corrected chi connectivity index (χ2v) is 8.66. The van der Waals surface area contributed by atoms with Crippen molar-refractivity contribution >= 4 is 68.3 Å². The smallest absolute Gasteiger partial charge is 0.335 e. The fourth-order valence-electron chi connectivity index (χ4n) is 3.16. The summed E-state index contributed by atoms with van der Waals surface area (Å²) in [6, 6.07) is 16.8. The second kappa shape index (κ2) is 8.13. The number of imide groups is 2. The maximum atomic E-state index is 12.9. The third kappa shape index (κ3) is 3.85. The van der Waals surface area contributed by atoms with Crippen molar-refractivity contribution < 1.29 is 18.8 Å². The van der Waals surface area contributed by atoms with Gasteiger partial charge in [-0.3, -0.25) is 14.9 Å². The van der Waals surface area contributed by atoms with Crippen molar-refractivity contribution in [3.05, 3.63) is 76.5 Å². The van der Waals surface area contributed by atoms with Crippen LogP contribution in [0.15, 0.2) is 85.4 Å². The standard InChI is InChI=1S/C22H13BrN4O4S/c23-12-5-7-13(8-6-12)27-20(29)15(19(28)26-22(27)30)11-14-9-10-18(31-14)32-21-24-16-3-1-2-4-17(16)25-21/h1-11H,(H,24,25)(H,26,28,30). The Hall–Kier alpha value is -3.63. The van der Waals surface area contributed by atoms with Gasteiger partial charge in [0.15, 0.2) is 10.2 Å². The largest absolute Gasteiger partial charge is 0.450 e. The van der Waals surface area contributed by atoms with E-state index in [-0.39, 0.29) is 5.57 Å². The van der Waals surface area contributed by atoms with Crippen LogP contribution in [-0.2, 0) is 9.59 Å². The number of barbiturate groups is 1. The van der Waals surface area contributed by atoms with E-state index >= 15 is 0 Å². The van der Waals surface area contributed by atoms with Gasteiger partial charge in [-0.2, -0.15) is 0 Å². The van der Waals surface area contributed by atoms with Crippen LogP contribution in [0.4, 0.5) is 10.5 Å². The molecule has 158 valence electrons. The minimum atomic E-state index is -0.806. The van der Waals surface area contributed by atoms with Crippen molar-refractivity contribution in [2.75, 3.05) is 4.90 Å². The van der Waals surface area contributed by atoms with Gasteiger partial charge in [-0.25, -0.2) is 14.7 Å². The van der Waals surface area contributed by atoms with Crippen molar-refractivity contribution in [3.63, 3.8) is 0 Å². The molecule has 0 radical (unpaired) electrons. The molecule has 2 aromatic carbocycles. The third-order valence-corrected chi connectivity index (χ3v) is 5.98. The Bertz CT molecular complexity index is 1370. The molecule has 2 aromatic heterocycles. The Morgan fingerprint density at radius 3 is 2.56 bits per heavy atom. The molecule has 10 heteroatoms. The molecule has 0 atom stereocenters. The number of nitrogens with zero attached hydrogens (tertiary/aromatic N) is 2. The number of aromatic nitrogens is 2. The maximum absolute atomic E-state index is 12.9. The minimum Gasteiger partial charge on any atom is -0.450 e. The number of rotatable bonds is 4. The van der Waals surface area contributed by atoms with E-state index in [1.54, 1.807) is 36.4 Å². The average molecular weight is 509 g/mol. The molecule has 0 unspecified atom stereocenters. The maximum Gasteiger partial charge on any atom is 0.335 e. The molecule has 0 spiro atoms. The zero-order chi connectivity index (χ0) is 22.2. The lowest BCUT2D eigenvalue weighted by molar-refractivity contribution is -0.122. The first-order chi connectivity index (χ1) is 15.5. The molecule has 4 aromatic rings. The van der Waals surface area contributed by atoms with Crippen LogP contribution in [-0.4, -0.2) is 27.8 Å². The lowest BCUT2D eigenvalue weighted by Gasteiger charge is -2.26. The van der Waals surface area contributed by atoms with E-state index in [2.05, 4.69) is 31.2 Å². The molecule has 1 fully saturated rings. The minimum absolute atomic E-state index is 0.206. The number of amides is 4. The van der Waals surface area contributed by atoms with E-state index < -0.39 is 17.8 Å². The molecule has 1 aliphatic heterocycles. The average Bonchev–Trinajstić information content (AvgIpc) is 3.38. The summed E-state index contributed by atoms with van der Waals surface area (Å²) >= 11 is 4.59. The number of para-hydroxylation sites is 2. The number of benzene rings is 2. The molecule has 0 saturated carbocycles. The van der Waals surface area contributed by atoms with E-state index in [4.69, 9.17) is 4.42 Å². The van der Waals surface area contributed by atoms with Crippen LogP contribution in [0.2, 0.25) is 0 Å². The van der Waals surface area contributed by atoms with Crippen LogP contribution >= 0.6 is 27.7 Å². The van der Waals surface area contributed by atoms with Crippen molar-refractivity contribution in [1.82, 2.24) is 15.3 Å². The van der Waals surface area contributed by atoms with Gasteiger partial charge in [0.2, 0.25) is 0 Å². The zero-order valence-corrected chi connectivity index (χ0v) is 18.6. The van der Waals surface area contributed by atoms with Gasteiger partial charge in [0.1, 0.15) is 11.3 Å². The SMILES string of the molecule is O=C1NC(=O)N(c2ccc(Br)cc2)C(=O)C1=Cc1ccc(Sc2nc3ccccc3[nH]2)o1. The van der Waals surface area contributed by atoms with Crippen molar-refractivity contribution in [1.29, 1.82) is 0 Å². The molecule has 0 aliphatic carbocycles. The number of carbonyl (C=O) groups excluding carboxylic acids is 3. The highest BCUT2D eigenvalue weighted by atomic mass is 79.9. The molecule has 1 aliphatic rings. The van der Waals surface area contributed by atoms with Crippen LogP contribution in [0.25, 0.3) is 17.1 Å². The van der Waals surface area contributed by atoms with Gasteiger partial charge in [0, 0.05) is 4.47 Å². The first-order valence-electron chi connectivity index (χ1n) is 9.37. The van der Waals surface area contributed by atoms with Crippen molar-refractivity contribution in [2.24, 2.45) is 0 Å². The summed E-state index contributed by atoms with van der Waals surface area (Å²) in [4.78, 5) is 46.1. The first kappa shape index (κ1) is 20.3. The molecule has 8 nitrogen and oxygen atoms in total. The highest BCUT2D eigenvalue weighted by Crippen LogP contribution is 2.30. The van der Waals surface area contributed by atoms with E-state index in [1.807, 2.05) is 24.3 Å². The van der Waals surface area contributed by atoms with Gasteiger partial charge >= 0.3 is 6.03 Å². The summed E-state index contributed by atoms with van der Waals surface area (Å²) in [6.07, 6.45) is 1.32. The molecular formula is C22H13BrN4O4S. The van der Waals surface area contributed by atoms with Crippen LogP contribution in [0.1, 0.15) is 5.76 Å². The van der Waals surface area contributed by atoms with Gasteiger partial charge in [0.25, 0.3) is 11.8 Å². The summed E-state index contributed by atoms with van der Waals surface area (Å²) in [7, 11) is 0. The topological polar surface area (TPSA) is 108 Å². The number of fused-ring (bicyclic) bond motifs is 1. The quantitative estimate of drug-likeness (QED) is 0.304. The summed E-state index contributed by atoms with van der Waals surface area (Å²) in [5, 5.41) is 3.37. The van der Waals surface area contributed by atoms with Gasteiger partial charge in [-0.05, 0) is 66.4 Å². The van der Waals surface area contributed by atoms with Gasteiger partial charge in [0.05, 0.1) is 16.7 Å². The van der Waals surface area contributed by atoms with Crippen LogP contribution in [0.3, 0.4) is 0 Å². The number of hydrogen-bond donors (Lipinski definition) is 2. The van der Waals surface area contributed by atoms with Gasteiger partial charge in [-0.15, -0.1) is 0 Å². The summed E-state index contributed by atoms with van der Waals surface area (Å²) in [6.45, 7) is 0. The highest BCUT2D eigenvalue weighted by Gasteiger charge is 2.37. The molecule has 2 N–H and O–H groups in total. The lowest BCUT2D eigenvalue weighted by atomic mass is 10.1. The normalized spacial score (nSPS) is 15.6. The van der Waals surface area contributed by atoms with Crippen LogP contribution in [0.5, 0.6) is 0 Å². The Morgan fingerprint density at radius 1 is 1.00 bits per heavy atom. The fraction of sp³-hybridized carbons (Fsp3) is 0. The highest BCUT2D eigenvalue weighted by molar-refractivity contribution is 9.10. The Kier molecular flexibility index (Phi) is 5.16. The van der Waals surface area contributed by atoms with E-state index in [9.17, 15) is 14.4 Å². The molecule has 5 rings (SSSR count). The Morgan fingerprint density at radius 2 is 1.78 bits per heavy atom. The monoisotopic (exact) mass is 508 g/mol. The number of carbonyl (C=O) groups is 3. The van der Waals surface area contributed by atoms with Crippen molar-refractivity contribution in [2.45, 2.75) is 10.2 Å². The number of nitrogens with one attached hydrogen (secondary N) is 2. The number of hydrogen-bond acceptors (Lipinski definition) is 6. The van der Waals surface area contributed by atoms with E-state index in [0.717, 1.165) is 20.4 Å². The molecule has 4 amide bonds. The number of furan rings is 1. The van der Waals surface area contributed by atoms with E-state index in [1.165, 1.54) is 17.8 Å². The number of halogens is 1. The number of aromatic amines is 1. The lowest BCUT2D eigenvalue weighted by Crippen LogP contribution is -2.54. The van der Waals surface area contributed by atoms with Crippen LogP contribution < -0.4 is 10.2 Å². The third-order valence-electron chi connectivity index (χ3n) is 4.64. The summed E-state index contributed by atoms with van der Waals surface area (Å²) < 4.78 is 6.55. The van der Waals surface area contributed by atoms with Crippen molar-refractivity contribution in [3.8, 4) is 0 Å².